The van der Waals surface area contributed by atoms with Gasteiger partial charge in [0.2, 0.25) is 0 Å². The Kier molecular flexibility index (Phi) is 13.8. The van der Waals surface area contributed by atoms with Crippen LogP contribution in [-0.2, 0) is 153 Å². The van der Waals surface area contributed by atoms with Gasteiger partial charge in [0.1, 0.15) is 34.7 Å². The fourth-order valence-corrected chi connectivity index (χ4v) is 25.0. The number of hydrogen-bond acceptors (Lipinski definition) is 32. The molecule has 10 saturated heterocycles. The minimum atomic E-state index is -0.694. The van der Waals surface area contributed by atoms with Gasteiger partial charge < -0.3 is 47.4 Å². The number of ketones is 4. The van der Waals surface area contributed by atoms with Crippen LogP contribution in [0, 0.1) is 201 Å². The van der Waals surface area contributed by atoms with Crippen LogP contribution in [0.5, 0.6) is 0 Å². The summed E-state index contributed by atoms with van der Waals surface area (Å²) in [7, 11) is 0. The third-order valence-electron chi connectivity index (χ3n) is 28.2. The largest absolute Gasteiger partial charge is 0.431 e. The minimum Gasteiger partial charge on any atom is -0.431 e. The predicted molar refractivity (Wildman–Crippen MR) is 304 cm³/mol. The zero-order valence-electron chi connectivity index (χ0n) is 53.2. The average Bonchev–Trinajstić information content (AvgIpc) is 1.51. The van der Waals surface area contributed by atoms with E-state index >= 15 is 0 Å². The van der Waals surface area contributed by atoms with E-state index < -0.39 is 160 Å². The molecule has 32 atom stereocenters. The van der Waals surface area contributed by atoms with Crippen molar-refractivity contribution >= 4 is 131 Å². The summed E-state index contributed by atoms with van der Waals surface area (Å²) in [6.45, 7) is 7.40. The molecule has 10 bridgehead atoms. The number of ether oxygens (including phenoxy) is 10. The molecule has 24 aliphatic rings. The van der Waals surface area contributed by atoms with E-state index in [9.17, 15) is 105 Å². The number of carbonyl (C=O) groups is 22. The second kappa shape index (κ2) is 21.9. The van der Waals surface area contributed by atoms with Gasteiger partial charge in [0.15, 0.2) is 0 Å². The molecule has 0 aromatic rings. The molecule has 14 aliphatic carbocycles. The van der Waals surface area contributed by atoms with Crippen LogP contribution in [0.3, 0.4) is 0 Å². The van der Waals surface area contributed by atoms with Gasteiger partial charge in [-0.15, -0.1) is 0 Å². The standard InChI is InChI=1S/C16H14O6.C13H12O5.C12H10O5.C10H8O6.C10H8O5.C9H6O5/c17-13-9-3-1-4(10(9)14(18)21-13)8-6-2-5(7(3)8)11-12(6)16(20)22-15(11)19;1-4-7-5-2-3-6(8(7)11(14)17-4)10-9(5)12(15)18-13(10)16;13-5-2-6(14)8-4-1-3(7(5)8)9-10(4)12(16)17-11(9)15;11-6-2-3-4-1-5(7(3)10(14)15-6)9(13)16-8(4)12;1-3-4-2-5-7(6(4)9(12)14-3)10(13)15-8(5)11;10-2-1-3(11)5-4(2)6-7(5)9(13)14-8(6)12/h3-12H,1-2H2;5-10H,1-3H2;3-4,7-10H,1-2H2;3-5,7H,1-2H2;4-7H,1-2H2;4-7H,1H2. The predicted octanol–water partition coefficient (Wildman–Crippen LogP) is -0.968. The first-order chi connectivity index (χ1) is 48.5. The van der Waals surface area contributed by atoms with Crippen molar-refractivity contribution in [3.63, 3.8) is 0 Å². The van der Waals surface area contributed by atoms with Gasteiger partial charge in [-0.05, 0) is 110 Å². The first kappa shape index (κ1) is 64.3. The van der Waals surface area contributed by atoms with Crippen LogP contribution in [0.15, 0.2) is 24.7 Å². The molecule has 14 saturated carbocycles. The zero-order valence-corrected chi connectivity index (χ0v) is 53.2. The van der Waals surface area contributed by atoms with Crippen molar-refractivity contribution in [3.05, 3.63) is 24.7 Å². The summed E-state index contributed by atoms with van der Waals surface area (Å²) in [6, 6.07) is 0. The topological polar surface area (TPSA) is 468 Å². The first-order valence-corrected chi connectivity index (χ1v) is 34.5. The van der Waals surface area contributed by atoms with E-state index in [4.69, 9.17) is 23.7 Å². The SMILES string of the molecule is C=C1OC(=O)C2C1CC1C(=O)OC(=O)C12.C=C1OC(=O)C2C3CCC(C12)C1C(=O)OC(=O)C31.O=C1CC(=O)C2C1C1C(=O)OC(=O)C21.O=C1CC(=O)C2C3CC(C12)C1C(=O)OC(=O)C31.O=C1CC2C3CC(C(=O)OC3=O)C2C(=O)O1.O=C1OC(=O)C2C3CC(C12)C1C2CC(C4C(=O)OC(=O)C24)C31. The molecular weight excluding hydrogens is 1350 g/mol. The highest BCUT2D eigenvalue weighted by molar-refractivity contribution is 6.17. The van der Waals surface area contributed by atoms with E-state index in [1.54, 1.807) is 0 Å². The smallest absolute Gasteiger partial charge is 0.318 e. The summed E-state index contributed by atoms with van der Waals surface area (Å²) in [5.41, 5.74) is 0. The molecule has 32 unspecified atom stereocenters. The highest BCUT2D eigenvalue weighted by atomic mass is 16.6. The van der Waals surface area contributed by atoms with Crippen LogP contribution in [0.4, 0.5) is 0 Å². The van der Waals surface area contributed by atoms with Crippen molar-refractivity contribution in [2.75, 3.05) is 0 Å². The van der Waals surface area contributed by atoms with Crippen LogP contribution in [-0.4, -0.2) is 131 Å². The molecule has 0 N–H and O–H groups in total. The maximum Gasteiger partial charge on any atom is 0.318 e. The molecule has 102 heavy (non-hydrogen) atoms. The van der Waals surface area contributed by atoms with E-state index in [1.165, 1.54) is 0 Å². The second-order valence-electron chi connectivity index (χ2n) is 31.5. The maximum atomic E-state index is 12.0. The van der Waals surface area contributed by atoms with Crippen molar-refractivity contribution in [2.45, 2.75) is 64.2 Å². The van der Waals surface area contributed by atoms with Crippen molar-refractivity contribution in [2.24, 2.45) is 201 Å². The third kappa shape index (κ3) is 8.47. The molecule has 0 amide bonds. The Morgan fingerprint density at radius 3 is 0.951 bits per heavy atom. The third-order valence-corrected chi connectivity index (χ3v) is 28.2. The lowest BCUT2D eigenvalue weighted by Crippen LogP contribution is -2.52. The van der Waals surface area contributed by atoms with Gasteiger partial charge in [-0.3, -0.25) is 105 Å². The summed E-state index contributed by atoms with van der Waals surface area (Å²) in [5, 5.41) is 0. The Morgan fingerprint density at radius 1 is 0.206 bits per heavy atom. The number of fused-ring (bicyclic) bond motifs is 36. The Morgan fingerprint density at radius 2 is 0.490 bits per heavy atom. The quantitative estimate of drug-likeness (QED) is 0.122. The van der Waals surface area contributed by atoms with Gasteiger partial charge in [0.25, 0.3) is 0 Å². The normalized spacial score (nSPS) is 48.9. The van der Waals surface area contributed by atoms with Gasteiger partial charge in [0, 0.05) is 35.5 Å². The molecule has 32 heteroatoms. The maximum absolute atomic E-state index is 12.0. The van der Waals surface area contributed by atoms with Crippen LogP contribution in [0.1, 0.15) is 64.2 Å². The van der Waals surface area contributed by atoms with E-state index in [0.29, 0.717) is 30.8 Å². The Hall–Kier alpha value is -9.78. The summed E-state index contributed by atoms with van der Waals surface area (Å²) in [5.74, 6) is -18.5. The molecule has 24 fully saturated rings. The highest BCUT2D eigenvalue weighted by Crippen LogP contribution is 2.75. The molecule has 0 aromatic carbocycles. The summed E-state index contributed by atoms with van der Waals surface area (Å²) >= 11 is 0. The monoisotopic (exact) mass is 1410 g/mol. The summed E-state index contributed by atoms with van der Waals surface area (Å²) in [6.07, 6.45) is 4.65. The van der Waals surface area contributed by atoms with Crippen LogP contribution in [0.25, 0.3) is 0 Å². The van der Waals surface area contributed by atoms with Gasteiger partial charge in [-0.25, -0.2) is 0 Å². The number of Topliss-reactive ketones (excluding diaryl/α,β-unsaturated/α-hetero) is 4. The van der Waals surface area contributed by atoms with E-state index in [-0.39, 0.29) is 191 Å². The second-order valence-corrected chi connectivity index (χ2v) is 31.5. The number of hydrogen-bond donors (Lipinski definition) is 0. The molecule has 24 rings (SSSR count). The lowest BCUT2D eigenvalue weighted by Gasteiger charge is -2.47. The molecule has 32 nitrogen and oxygen atoms in total. The average molecular weight is 1410 g/mol. The Balaban J connectivity index is 0.0000000883. The van der Waals surface area contributed by atoms with Crippen molar-refractivity contribution in [1.82, 2.24) is 0 Å². The van der Waals surface area contributed by atoms with Gasteiger partial charge in [-0.2, -0.15) is 0 Å². The fraction of sp³-hybridized carbons (Fsp3) is 0.629. The minimum absolute atomic E-state index is 0.00892. The molecule has 10 aliphatic heterocycles. The number of carbonyl (C=O) groups excluding carboxylic acids is 22. The number of rotatable bonds is 0. The molecular formula is C70H58O32. The summed E-state index contributed by atoms with van der Waals surface area (Å²) in [4.78, 5) is 255. The molecule has 10 heterocycles. The van der Waals surface area contributed by atoms with Crippen molar-refractivity contribution in [3.8, 4) is 0 Å². The van der Waals surface area contributed by atoms with Crippen molar-refractivity contribution in [1.29, 1.82) is 0 Å². The lowest BCUT2D eigenvalue weighted by molar-refractivity contribution is -0.174. The molecule has 0 aromatic heterocycles. The van der Waals surface area contributed by atoms with E-state index in [0.717, 1.165) is 25.7 Å². The van der Waals surface area contributed by atoms with Crippen molar-refractivity contribution < 1.29 is 153 Å². The van der Waals surface area contributed by atoms with Crippen LogP contribution >= 0.6 is 0 Å². The van der Waals surface area contributed by atoms with Crippen LogP contribution < -0.4 is 0 Å². The Bertz CT molecular complexity index is 3880. The van der Waals surface area contributed by atoms with Gasteiger partial charge in [-0.1, -0.05) is 13.2 Å². The van der Waals surface area contributed by atoms with Gasteiger partial charge >= 0.3 is 107 Å². The van der Waals surface area contributed by atoms with Crippen LogP contribution in [0.2, 0.25) is 0 Å². The van der Waals surface area contributed by atoms with E-state index in [2.05, 4.69) is 36.8 Å². The molecule has 0 spiro atoms. The van der Waals surface area contributed by atoms with E-state index in [1.807, 2.05) is 0 Å². The fourth-order valence-electron chi connectivity index (χ4n) is 25.0. The number of allylic oxidation sites excluding steroid dienone is 2. The zero-order chi connectivity index (χ0) is 71.6. The highest BCUT2D eigenvalue weighted by Gasteiger charge is 2.78. The molecule has 0 radical (unpaired) electrons. The number of esters is 18. The summed E-state index contributed by atoms with van der Waals surface area (Å²) < 4.78 is 47.1. The first-order valence-electron chi connectivity index (χ1n) is 34.5. The lowest BCUT2D eigenvalue weighted by atomic mass is 9.51. The van der Waals surface area contributed by atoms with Gasteiger partial charge in [0.05, 0.1) is 120 Å². The Labute approximate surface area is 571 Å². The molecule has 530 valence electrons. The number of cyclic esters (lactones) is 18.